The van der Waals surface area contributed by atoms with Gasteiger partial charge < -0.3 is 49.5 Å². The van der Waals surface area contributed by atoms with Crippen LogP contribution in [-0.2, 0) is 51.0 Å². The first-order valence-electron chi connectivity index (χ1n) is 21.2. The smallest absolute Gasteiger partial charge is 0.409 e. The lowest BCUT2D eigenvalue weighted by Crippen LogP contribution is -2.63. The first-order chi connectivity index (χ1) is 29.7. The standard InChI is InChI=1S/C47H60ClN3O12.H3N/c1-27-13-12-16-38(60-9)47(58)26-37(61-45(57)49-47)29(3)42-46(5,63-42)39(25-40(54)51(7)35-23-32(21-27)24-36(59-8)41(35)48)62-44(56)30(4)50(6)43(55)33-19-17-31(18-20-33)22-34(53)15-11-10-14-28(2)52;/h12-13,16-20,23-24,29-30,37-39,42,58H,10-11,14-15,21-22,25-26H2,1-9H3,(H,49,57);1H3/b16-12+,27-13+;/t29-,30+,37+,38-,39+,42+,46+,47+;/m1./s1. The van der Waals surface area contributed by atoms with Crippen molar-refractivity contribution >= 4 is 52.7 Å². The highest BCUT2D eigenvalue weighted by molar-refractivity contribution is 6.35. The summed E-state index contributed by atoms with van der Waals surface area (Å²) in [6, 6.07) is 9.00. The van der Waals surface area contributed by atoms with Crippen LogP contribution in [0.15, 0.2) is 60.2 Å². The van der Waals surface area contributed by atoms with E-state index in [9.17, 15) is 33.9 Å². The van der Waals surface area contributed by atoms with E-state index in [1.54, 1.807) is 69.4 Å². The van der Waals surface area contributed by atoms with E-state index in [1.165, 1.54) is 44.9 Å². The zero-order valence-corrected chi connectivity index (χ0v) is 39.0. The second-order valence-corrected chi connectivity index (χ2v) is 17.5. The molecule has 350 valence electrons. The van der Waals surface area contributed by atoms with Crippen LogP contribution in [0.5, 0.6) is 5.75 Å². The number of benzene rings is 2. The maximum absolute atomic E-state index is 14.3. The van der Waals surface area contributed by atoms with Gasteiger partial charge >= 0.3 is 12.1 Å². The monoisotopic (exact) mass is 910 g/mol. The molecule has 17 heteroatoms. The van der Waals surface area contributed by atoms with Gasteiger partial charge in [0.25, 0.3) is 5.91 Å². The summed E-state index contributed by atoms with van der Waals surface area (Å²) in [5.41, 5.74) is -0.0738. The molecular formula is C47H63ClN4O12. The number of carbonyl (C=O) groups excluding carboxylic acids is 6. The number of aliphatic hydroxyl groups is 1. The lowest BCUT2D eigenvalue weighted by atomic mass is 9.83. The van der Waals surface area contributed by atoms with E-state index in [2.05, 4.69) is 5.32 Å². The number of rotatable bonds is 13. The van der Waals surface area contributed by atoms with Gasteiger partial charge in [0.15, 0.2) is 5.72 Å². The van der Waals surface area contributed by atoms with Crippen LogP contribution < -0.4 is 21.1 Å². The normalized spacial score (nSPS) is 27.5. The Morgan fingerprint density at radius 3 is 2.41 bits per heavy atom. The summed E-state index contributed by atoms with van der Waals surface area (Å²) < 4.78 is 29.4. The third-order valence-corrected chi connectivity index (χ3v) is 12.7. The number of anilines is 1. The molecule has 64 heavy (non-hydrogen) atoms. The Balaban J connectivity index is 0.00000898. The van der Waals surface area contributed by atoms with Crippen LogP contribution in [0, 0.1) is 5.92 Å². The van der Waals surface area contributed by atoms with Gasteiger partial charge in [-0.25, -0.2) is 9.59 Å². The Bertz CT molecular complexity index is 2130. The predicted molar refractivity (Wildman–Crippen MR) is 240 cm³/mol. The van der Waals surface area contributed by atoms with Crippen LogP contribution in [0.2, 0.25) is 5.02 Å². The van der Waals surface area contributed by atoms with E-state index in [0.29, 0.717) is 43.5 Å². The first-order valence-corrected chi connectivity index (χ1v) is 21.6. The summed E-state index contributed by atoms with van der Waals surface area (Å²) in [6.07, 6.45) is 2.86. The third kappa shape index (κ3) is 12.2. The highest BCUT2D eigenvalue weighted by atomic mass is 35.5. The number of fused-ring (bicyclic) bond motifs is 5. The second kappa shape index (κ2) is 21.7. The molecular weight excluding hydrogens is 848 g/mol. The van der Waals surface area contributed by atoms with Crippen molar-refractivity contribution < 1.29 is 57.6 Å². The van der Waals surface area contributed by atoms with E-state index in [0.717, 1.165) is 16.7 Å². The fourth-order valence-electron chi connectivity index (χ4n) is 8.16. The second-order valence-electron chi connectivity index (χ2n) is 17.1. The SMILES string of the molecule is COc1cc2cc(c1Cl)N(C)C(=O)C[C@H](OC(=O)[C@H](C)N(C)C(=O)c1ccc(CC(=O)CCCCC(C)=O)cc1)[C@]1(C)O[C@H]1[C@H](C)[C@@H]1C[C@@](O)(NC(=O)O1)[C@H](OC)/C=C/C=C(\C)C2.N. The minimum atomic E-state index is -1.86. The van der Waals surface area contributed by atoms with Gasteiger partial charge in [0.1, 0.15) is 52.3 Å². The van der Waals surface area contributed by atoms with Crippen molar-refractivity contribution in [2.75, 3.05) is 33.2 Å². The Kier molecular flexibility index (Phi) is 17.5. The molecule has 2 saturated heterocycles. The van der Waals surface area contributed by atoms with Gasteiger partial charge in [-0.2, -0.15) is 0 Å². The maximum atomic E-state index is 14.3. The number of ether oxygens (including phenoxy) is 5. The number of hydrogen-bond acceptors (Lipinski definition) is 13. The zero-order valence-electron chi connectivity index (χ0n) is 38.2. The summed E-state index contributed by atoms with van der Waals surface area (Å²) in [5, 5.41) is 14.5. The van der Waals surface area contributed by atoms with Crippen LogP contribution >= 0.6 is 11.6 Å². The van der Waals surface area contributed by atoms with Crippen molar-refractivity contribution in [3.8, 4) is 5.75 Å². The van der Waals surface area contributed by atoms with Crippen molar-refractivity contribution in [2.24, 2.45) is 5.92 Å². The molecule has 0 saturated carbocycles. The van der Waals surface area contributed by atoms with Crippen molar-refractivity contribution in [3.63, 3.8) is 0 Å². The van der Waals surface area contributed by atoms with E-state index in [1.807, 2.05) is 13.0 Å². The molecule has 2 aromatic rings. The summed E-state index contributed by atoms with van der Waals surface area (Å²) in [6.45, 7) is 8.43. The minimum Gasteiger partial charge on any atom is -0.495 e. The molecule has 5 N–H and O–H groups in total. The number of nitrogens with one attached hydrogen (secondary N) is 1. The number of ketones is 2. The molecule has 3 aliphatic rings. The molecule has 16 nitrogen and oxygen atoms in total. The van der Waals surface area contributed by atoms with Gasteiger partial charge in [0.2, 0.25) is 5.91 Å². The van der Waals surface area contributed by atoms with Crippen molar-refractivity contribution in [1.29, 1.82) is 0 Å². The number of unbranched alkanes of at least 4 members (excludes halogenated alkanes) is 1. The van der Waals surface area contributed by atoms with Gasteiger partial charge in [-0.15, -0.1) is 0 Å². The van der Waals surface area contributed by atoms with Gasteiger partial charge in [-0.3, -0.25) is 19.7 Å². The molecule has 3 aliphatic heterocycles. The molecule has 5 rings (SSSR count). The molecule has 3 amide bonds. The molecule has 0 unspecified atom stereocenters. The first kappa shape index (κ1) is 51.5. The number of likely N-dealkylation sites (N-methyl/N-ethyl adjacent to an activating group) is 1. The molecule has 4 bridgehead atoms. The summed E-state index contributed by atoms with van der Waals surface area (Å²) in [4.78, 5) is 81.3. The van der Waals surface area contributed by atoms with Crippen molar-refractivity contribution in [2.45, 2.75) is 128 Å². The van der Waals surface area contributed by atoms with E-state index in [-0.39, 0.29) is 47.6 Å². The average Bonchev–Trinajstić information content (AvgIpc) is 3.94. The highest BCUT2D eigenvalue weighted by Gasteiger charge is 2.64. The quantitative estimate of drug-likeness (QED) is 0.115. The highest BCUT2D eigenvalue weighted by Crippen LogP contribution is 2.49. The molecule has 0 radical (unpaired) electrons. The number of carbonyl (C=O) groups is 6. The summed E-state index contributed by atoms with van der Waals surface area (Å²) >= 11 is 6.80. The van der Waals surface area contributed by atoms with Gasteiger partial charge in [-0.1, -0.05) is 54.5 Å². The van der Waals surface area contributed by atoms with E-state index < -0.39 is 71.6 Å². The molecule has 2 aromatic carbocycles. The molecule has 8 atom stereocenters. The third-order valence-electron chi connectivity index (χ3n) is 12.3. The fraction of sp³-hybridized carbons (Fsp3) is 0.532. The van der Waals surface area contributed by atoms with Crippen LogP contribution in [0.4, 0.5) is 10.5 Å². The fourth-order valence-corrected chi connectivity index (χ4v) is 8.47. The average molecular weight is 911 g/mol. The van der Waals surface area contributed by atoms with Crippen LogP contribution in [0.25, 0.3) is 0 Å². The van der Waals surface area contributed by atoms with Gasteiger partial charge in [0, 0.05) is 58.4 Å². The lowest BCUT2D eigenvalue weighted by molar-refractivity contribution is -0.158. The Hall–Kier alpha value is -5.13. The maximum Gasteiger partial charge on any atom is 0.409 e. The topological polar surface area (TPSA) is 226 Å². The van der Waals surface area contributed by atoms with Crippen LogP contribution in [0.1, 0.15) is 94.6 Å². The Labute approximate surface area is 380 Å². The minimum absolute atomic E-state index is 0. The predicted octanol–water partition coefficient (Wildman–Crippen LogP) is 6.25. The Morgan fingerprint density at radius 2 is 1.77 bits per heavy atom. The van der Waals surface area contributed by atoms with Crippen LogP contribution in [-0.4, -0.2) is 116 Å². The number of nitrogens with zero attached hydrogens (tertiary/aromatic N) is 2. The summed E-state index contributed by atoms with van der Waals surface area (Å²) in [7, 11) is 5.92. The number of esters is 1. The number of amides is 3. The summed E-state index contributed by atoms with van der Waals surface area (Å²) in [5.74, 6) is -1.85. The number of hydrogen-bond donors (Lipinski definition) is 3. The number of methoxy groups -OCH3 is 2. The zero-order chi connectivity index (χ0) is 46.4. The molecule has 2 fully saturated rings. The number of halogens is 1. The van der Waals surface area contributed by atoms with Crippen LogP contribution in [0.3, 0.4) is 0 Å². The van der Waals surface area contributed by atoms with E-state index >= 15 is 0 Å². The number of allylic oxidation sites excluding steroid dienone is 3. The molecule has 0 spiro atoms. The molecule has 0 aliphatic carbocycles. The van der Waals surface area contributed by atoms with Crippen molar-refractivity contribution in [1.82, 2.24) is 16.4 Å². The van der Waals surface area contributed by atoms with Gasteiger partial charge in [0.05, 0.1) is 25.3 Å². The number of alkyl carbamates (subject to hydrolysis) is 1. The lowest BCUT2D eigenvalue weighted by Gasteiger charge is -2.42. The number of epoxide rings is 1. The Morgan fingerprint density at radius 1 is 1.09 bits per heavy atom. The molecule has 0 aromatic heterocycles. The van der Waals surface area contributed by atoms with E-state index in [4.69, 9.17) is 35.3 Å². The molecule has 3 heterocycles. The number of Topliss-reactive ketones (excluding diaryl/α,β-unsaturated/α-hetero) is 2. The van der Waals surface area contributed by atoms with Crippen molar-refractivity contribution in [3.05, 3.63) is 81.9 Å². The largest absolute Gasteiger partial charge is 0.495 e. The van der Waals surface area contributed by atoms with Gasteiger partial charge in [-0.05, 0) is 82.3 Å².